The summed E-state index contributed by atoms with van der Waals surface area (Å²) in [6, 6.07) is 9.36. The third-order valence-electron chi connectivity index (χ3n) is 5.59. The van der Waals surface area contributed by atoms with E-state index in [2.05, 4.69) is 0 Å². The second-order valence-corrected chi connectivity index (χ2v) is 7.88. The summed E-state index contributed by atoms with van der Waals surface area (Å²) in [6.07, 6.45) is 1.28. The minimum Gasteiger partial charge on any atom is -1.00 e. The molecule has 1 aromatic carbocycles. The molecule has 2 amide bonds. The fraction of sp³-hybridized carbons (Fsp3) is 0.500. The molecule has 10 nitrogen and oxygen atoms in total. The molecule has 37 heavy (non-hydrogen) atoms. The van der Waals surface area contributed by atoms with Gasteiger partial charge in [-0.25, -0.2) is 14.3 Å². The average Bonchev–Trinajstić information content (AvgIpc) is 2.90. The lowest BCUT2D eigenvalue weighted by Crippen LogP contribution is -3.00. The number of aryl methyl sites for hydroxylation is 1. The van der Waals surface area contributed by atoms with E-state index in [9.17, 15) is 9.59 Å². The summed E-state index contributed by atoms with van der Waals surface area (Å²) in [6.45, 7) is 4.72. The summed E-state index contributed by atoms with van der Waals surface area (Å²) in [5.41, 5.74) is 1.78. The molecule has 0 fully saturated rings. The number of imide groups is 1. The van der Waals surface area contributed by atoms with Crippen LogP contribution in [0.4, 0.5) is 4.79 Å². The third-order valence-corrected chi connectivity index (χ3v) is 5.59. The van der Waals surface area contributed by atoms with Gasteiger partial charge in [-0.3, -0.25) is 4.79 Å². The molecule has 0 saturated carbocycles. The standard InChI is InChI=1S/C26H37N2O8.HI/c1-7-27-12-9-8-10-21(27)16-28(19(2)29)26(30)36-18-22(31-3)17-35-13-11-20-14-23(32-4)25(34-6)24(15-20)33-5;/h8-10,12,14-15,22H,7,11,13,16-18H2,1-6H3;1H/q+1;/p-1. The van der Waals surface area contributed by atoms with Gasteiger partial charge in [0.05, 0.1) is 34.5 Å². The van der Waals surface area contributed by atoms with Crippen molar-refractivity contribution in [3.05, 3.63) is 47.8 Å². The molecule has 1 heterocycles. The maximum absolute atomic E-state index is 12.6. The second-order valence-electron chi connectivity index (χ2n) is 7.88. The van der Waals surface area contributed by atoms with Crippen LogP contribution < -0.4 is 42.8 Å². The lowest BCUT2D eigenvalue weighted by molar-refractivity contribution is -0.701. The predicted molar refractivity (Wildman–Crippen MR) is 131 cm³/mol. The van der Waals surface area contributed by atoms with Crippen LogP contribution in [-0.2, 0) is 38.5 Å². The van der Waals surface area contributed by atoms with Crippen LogP contribution in [0.3, 0.4) is 0 Å². The van der Waals surface area contributed by atoms with Crippen molar-refractivity contribution < 1.29 is 66.6 Å². The van der Waals surface area contributed by atoms with Crippen molar-refractivity contribution in [3.8, 4) is 17.2 Å². The third kappa shape index (κ3) is 9.63. The van der Waals surface area contributed by atoms with Crippen molar-refractivity contribution in [2.24, 2.45) is 0 Å². The van der Waals surface area contributed by atoms with E-state index in [-0.39, 0.29) is 43.7 Å². The first kappa shape index (κ1) is 32.4. The normalized spacial score (nSPS) is 11.2. The zero-order valence-electron chi connectivity index (χ0n) is 22.3. The van der Waals surface area contributed by atoms with Crippen LogP contribution in [0.25, 0.3) is 0 Å². The smallest absolute Gasteiger partial charge is 0.417 e. The largest absolute Gasteiger partial charge is 1.00 e. The van der Waals surface area contributed by atoms with Crippen LogP contribution in [0.1, 0.15) is 25.1 Å². The number of amides is 2. The Morgan fingerprint density at radius 3 is 2.22 bits per heavy atom. The van der Waals surface area contributed by atoms with E-state index >= 15 is 0 Å². The van der Waals surface area contributed by atoms with Gasteiger partial charge in [-0.1, -0.05) is 6.07 Å². The van der Waals surface area contributed by atoms with E-state index in [0.717, 1.165) is 22.7 Å². The minimum absolute atomic E-state index is 0. The number of pyridine rings is 1. The van der Waals surface area contributed by atoms with E-state index in [1.54, 1.807) is 21.3 Å². The van der Waals surface area contributed by atoms with E-state index in [1.807, 2.05) is 48.0 Å². The number of carbonyl (C=O) groups is 2. The second kappa shape index (κ2) is 17.0. The zero-order valence-corrected chi connectivity index (χ0v) is 24.5. The Morgan fingerprint density at radius 2 is 1.68 bits per heavy atom. The summed E-state index contributed by atoms with van der Waals surface area (Å²) in [5.74, 6) is 1.27. The van der Waals surface area contributed by atoms with Gasteiger partial charge >= 0.3 is 6.09 Å². The van der Waals surface area contributed by atoms with Gasteiger partial charge in [0.2, 0.25) is 17.4 Å². The molecule has 206 valence electrons. The molecular weight excluding hydrogens is 595 g/mol. The van der Waals surface area contributed by atoms with Crippen molar-refractivity contribution in [3.63, 3.8) is 0 Å². The van der Waals surface area contributed by atoms with E-state index in [1.165, 1.54) is 14.0 Å². The van der Waals surface area contributed by atoms with Crippen molar-refractivity contribution in [1.82, 2.24) is 4.90 Å². The SMILES string of the molecule is CC[n+]1ccccc1CN(C(C)=O)C(=O)OCC(COCCc1cc(OC)c(OC)c(OC)c1)OC.[I-]. The molecule has 0 N–H and O–H groups in total. The first-order chi connectivity index (χ1) is 17.4. The van der Waals surface area contributed by atoms with E-state index in [0.29, 0.717) is 30.3 Å². The summed E-state index contributed by atoms with van der Waals surface area (Å²) in [5, 5.41) is 0. The molecule has 0 aliphatic heterocycles. The van der Waals surface area contributed by atoms with Crippen LogP contribution in [-0.4, -0.2) is 71.3 Å². The van der Waals surface area contributed by atoms with E-state index < -0.39 is 18.1 Å². The van der Waals surface area contributed by atoms with Crippen LogP contribution in [0.2, 0.25) is 0 Å². The van der Waals surface area contributed by atoms with E-state index in [4.69, 9.17) is 28.4 Å². The Balaban J connectivity index is 0.00000684. The van der Waals surface area contributed by atoms with Crippen molar-refractivity contribution in [2.75, 3.05) is 48.3 Å². The number of nitrogens with zero attached hydrogens (tertiary/aromatic N) is 2. The predicted octanol–water partition coefficient (Wildman–Crippen LogP) is -0.217. The Labute approximate surface area is 235 Å². The molecule has 11 heteroatoms. The number of hydrogen-bond donors (Lipinski definition) is 0. The maximum atomic E-state index is 12.6. The molecule has 0 radical (unpaired) electrons. The molecule has 0 aliphatic rings. The van der Waals surface area contributed by atoms with Gasteiger partial charge < -0.3 is 52.4 Å². The highest BCUT2D eigenvalue weighted by molar-refractivity contribution is 5.90. The number of carbonyl (C=O) groups excluding carboxylic acids is 2. The fourth-order valence-corrected chi connectivity index (χ4v) is 3.54. The zero-order chi connectivity index (χ0) is 26.5. The van der Waals surface area contributed by atoms with Crippen molar-refractivity contribution >= 4 is 12.0 Å². The molecular formula is C26H37IN2O8. The Kier molecular flexibility index (Phi) is 14.9. The Bertz CT molecular complexity index is 979. The van der Waals surface area contributed by atoms with Crippen molar-refractivity contribution in [1.29, 1.82) is 0 Å². The number of rotatable bonds is 14. The summed E-state index contributed by atoms with van der Waals surface area (Å²) < 4.78 is 34.6. The van der Waals surface area contributed by atoms with Gasteiger partial charge in [0.15, 0.2) is 17.7 Å². The lowest BCUT2D eigenvalue weighted by atomic mass is 10.1. The number of ether oxygens (including phenoxy) is 6. The monoisotopic (exact) mass is 632 g/mol. The Hall–Kier alpha value is -2.64. The molecule has 1 atom stereocenters. The number of aromatic nitrogens is 1. The maximum Gasteiger partial charge on any atom is 0.417 e. The fourth-order valence-electron chi connectivity index (χ4n) is 3.54. The van der Waals surface area contributed by atoms with Crippen LogP contribution in [0, 0.1) is 0 Å². The summed E-state index contributed by atoms with van der Waals surface area (Å²) >= 11 is 0. The van der Waals surface area contributed by atoms with Gasteiger partial charge in [-0.2, -0.15) is 0 Å². The van der Waals surface area contributed by atoms with Crippen molar-refractivity contribution in [2.45, 2.75) is 39.5 Å². The molecule has 0 saturated heterocycles. The van der Waals surface area contributed by atoms with Crippen LogP contribution >= 0.6 is 0 Å². The van der Waals surface area contributed by atoms with Crippen LogP contribution in [0.15, 0.2) is 36.5 Å². The highest BCUT2D eigenvalue weighted by atomic mass is 127. The molecule has 0 aliphatic carbocycles. The summed E-state index contributed by atoms with van der Waals surface area (Å²) in [4.78, 5) is 25.8. The molecule has 0 spiro atoms. The lowest BCUT2D eigenvalue weighted by Gasteiger charge is -2.20. The number of hydrogen-bond acceptors (Lipinski definition) is 8. The molecule has 2 rings (SSSR count). The average molecular weight is 632 g/mol. The Morgan fingerprint density at radius 1 is 1.00 bits per heavy atom. The minimum atomic E-state index is -0.728. The van der Waals surface area contributed by atoms with Gasteiger partial charge in [0.1, 0.15) is 25.8 Å². The van der Waals surface area contributed by atoms with Gasteiger partial charge in [0.25, 0.3) is 0 Å². The highest BCUT2D eigenvalue weighted by Gasteiger charge is 2.25. The molecule has 1 unspecified atom stereocenters. The van der Waals surface area contributed by atoms with Crippen LogP contribution in [0.5, 0.6) is 17.2 Å². The van der Waals surface area contributed by atoms with Gasteiger partial charge in [-0.15, -0.1) is 0 Å². The van der Waals surface area contributed by atoms with Gasteiger partial charge in [0, 0.05) is 26.2 Å². The first-order valence-corrected chi connectivity index (χ1v) is 11.7. The molecule has 0 bridgehead atoms. The van der Waals surface area contributed by atoms with Gasteiger partial charge in [-0.05, 0) is 31.0 Å². The number of halogens is 1. The number of benzene rings is 1. The first-order valence-electron chi connectivity index (χ1n) is 11.7. The highest BCUT2D eigenvalue weighted by Crippen LogP contribution is 2.38. The molecule has 1 aromatic heterocycles. The topological polar surface area (TPSA) is 96.6 Å². The quantitative estimate of drug-likeness (QED) is 0.161. The number of methoxy groups -OCH3 is 4. The molecule has 2 aromatic rings. The summed E-state index contributed by atoms with van der Waals surface area (Å²) in [7, 11) is 6.20.